The molecule has 0 saturated carbocycles. The number of benzene rings is 1. The minimum atomic E-state index is -1.40. The summed E-state index contributed by atoms with van der Waals surface area (Å²) in [6, 6.07) is 6.02. The molecule has 100 valence electrons. The molecule has 1 aromatic carbocycles. The molecule has 0 aromatic heterocycles. The van der Waals surface area contributed by atoms with Crippen LogP contribution in [0.5, 0.6) is 0 Å². The summed E-state index contributed by atoms with van der Waals surface area (Å²) in [7, 11) is 1.55. The fourth-order valence-electron chi connectivity index (χ4n) is 2.76. The minimum Gasteiger partial charge on any atom is -0.381 e. The molecule has 0 radical (unpaired) electrons. The number of hydrogen-bond acceptors (Lipinski definition) is 2. The van der Waals surface area contributed by atoms with Crippen molar-refractivity contribution in [1.29, 1.82) is 0 Å². The summed E-state index contributed by atoms with van der Waals surface area (Å²) in [5, 5.41) is 0. The van der Waals surface area contributed by atoms with E-state index in [1.54, 1.807) is 7.11 Å². The van der Waals surface area contributed by atoms with Crippen LogP contribution in [0.1, 0.15) is 36.0 Å². The Morgan fingerprint density at radius 1 is 1.33 bits per heavy atom. The molecule has 0 bridgehead atoms. The lowest BCUT2D eigenvalue weighted by molar-refractivity contribution is 0.0303. The molecule has 0 spiro atoms. The second-order valence-electron chi connectivity index (χ2n) is 5.13. The first-order valence-corrected chi connectivity index (χ1v) is 6.70. The molecule has 0 aliphatic heterocycles. The molecule has 1 aromatic rings. The van der Waals surface area contributed by atoms with E-state index in [0.29, 0.717) is 19.4 Å². The highest BCUT2D eigenvalue weighted by Gasteiger charge is 2.32. The van der Waals surface area contributed by atoms with Crippen LogP contribution in [0.3, 0.4) is 0 Å². The smallest absolute Gasteiger partial charge is 0.159 e. The lowest BCUT2D eigenvalue weighted by Crippen LogP contribution is -2.27. The van der Waals surface area contributed by atoms with E-state index in [1.807, 2.05) is 12.1 Å². The Labute approximate surface area is 108 Å². The molecule has 3 heteroatoms. The lowest BCUT2D eigenvalue weighted by Gasteiger charge is -2.25. The molecule has 0 fully saturated rings. The van der Waals surface area contributed by atoms with E-state index in [4.69, 9.17) is 10.5 Å². The monoisotopic (exact) mass is 251 g/mol. The molecule has 1 aliphatic rings. The van der Waals surface area contributed by atoms with Gasteiger partial charge in [-0.05, 0) is 55.3 Å². The van der Waals surface area contributed by atoms with Crippen LogP contribution in [-0.4, -0.2) is 20.3 Å². The van der Waals surface area contributed by atoms with Gasteiger partial charge < -0.3 is 10.5 Å². The SMILES string of the molecule is COCC(F)(CCCN)c1ccc2c(c1)CCC2. The summed E-state index contributed by atoms with van der Waals surface area (Å²) in [4.78, 5) is 0. The van der Waals surface area contributed by atoms with E-state index in [2.05, 4.69) is 6.07 Å². The number of rotatable bonds is 6. The van der Waals surface area contributed by atoms with Crippen LogP contribution in [0.15, 0.2) is 18.2 Å². The second-order valence-corrected chi connectivity index (χ2v) is 5.13. The maximum absolute atomic E-state index is 15.0. The molecule has 1 atom stereocenters. The molecule has 18 heavy (non-hydrogen) atoms. The third-order valence-electron chi connectivity index (χ3n) is 3.77. The first kappa shape index (κ1) is 13.5. The van der Waals surface area contributed by atoms with Gasteiger partial charge in [-0.2, -0.15) is 0 Å². The van der Waals surface area contributed by atoms with Crippen molar-refractivity contribution in [3.63, 3.8) is 0 Å². The maximum atomic E-state index is 15.0. The Balaban J connectivity index is 2.24. The number of alkyl halides is 1. The summed E-state index contributed by atoms with van der Waals surface area (Å²) < 4.78 is 20.1. The van der Waals surface area contributed by atoms with Gasteiger partial charge in [-0.25, -0.2) is 4.39 Å². The average Bonchev–Trinajstić information content (AvgIpc) is 2.84. The molecule has 0 saturated heterocycles. The second kappa shape index (κ2) is 5.81. The fraction of sp³-hybridized carbons (Fsp3) is 0.600. The van der Waals surface area contributed by atoms with Crippen molar-refractivity contribution in [2.75, 3.05) is 20.3 Å². The summed E-state index contributed by atoms with van der Waals surface area (Å²) >= 11 is 0. The van der Waals surface area contributed by atoms with Crippen molar-refractivity contribution < 1.29 is 9.13 Å². The molecular formula is C15H22FNO. The van der Waals surface area contributed by atoms with Gasteiger partial charge in [-0.3, -0.25) is 0 Å². The lowest BCUT2D eigenvalue weighted by atomic mass is 9.89. The standard InChI is InChI=1S/C15H22FNO/c1-18-11-15(16,8-3-9-17)14-7-6-12-4-2-5-13(12)10-14/h6-7,10H,2-5,8-9,11,17H2,1H3. The number of aryl methyl sites for hydroxylation is 2. The van der Waals surface area contributed by atoms with Crippen LogP contribution in [0.2, 0.25) is 0 Å². The summed E-state index contributed by atoms with van der Waals surface area (Å²) in [5.74, 6) is 0. The van der Waals surface area contributed by atoms with Crippen molar-refractivity contribution in [2.24, 2.45) is 5.73 Å². The normalized spacial score (nSPS) is 17.5. The molecule has 2 rings (SSSR count). The summed E-state index contributed by atoms with van der Waals surface area (Å²) in [6.45, 7) is 0.617. The summed E-state index contributed by atoms with van der Waals surface area (Å²) in [5.41, 5.74) is 7.52. The zero-order chi connectivity index (χ0) is 13.0. The largest absolute Gasteiger partial charge is 0.381 e. The Morgan fingerprint density at radius 3 is 2.83 bits per heavy atom. The predicted molar refractivity (Wildman–Crippen MR) is 71.4 cm³/mol. The predicted octanol–water partition coefficient (Wildman–Crippen LogP) is 2.73. The number of nitrogens with two attached hydrogens (primary N) is 1. The van der Waals surface area contributed by atoms with Gasteiger partial charge in [0.15, 0.2) is 5.67 Å². The van der Waals surface area contributed by atoms with Gasteiger partial charge in [0.05, 0.1) is 6.61 Å². The Kier molecular flexibility index (Phi) is 4.36. The molecular weight excluding hydrogens is 229 g/mol. The van der Waals surface area contributed by atoms with Gasteiger partial charge >= 0.3 is 0 Å². The van der Waals surface area contributed by atoms with Gasteiger partial charge in [0, 0.05) is 7.11 Å². The zero-order valence-corrected chi connectivity index (χ0v) is 11.0. The van der Waals surface area contributed by atoms with E-state index in [9.17, 15) is 4.39 Å². The van der Waals surface area contributed by atoms with Crippen molar-refractivity contribution in [2.45, 2.75) is 37.8 Å². The van der Waals surface area contributed by atoms with Crippen LogP contribution in [0.4, 0.5) is 4.39 Å². The van der Waals surface area contributed by atoms with Crippen LogP contribution < -0.4 is 5.73 Å². The Bertz CT molecular complexity index is 407. The van der Waals surface area contributed by atoms with Crippen molar-refractivity contribution in [3.05, 3.63) is 34.9 Å². The molecule has 2 N–H and O–H groups in total. The number of fused-ring (bicyclic) bond motifs is 1. The molecule has 1 unspecified atom stereocenters. The number of ether oxygens (including phenoxy) is 1. The molecule has 1 aliphatic carbocycles. The van der Waals surface area contributed by atoms with Crippen molar-refractivity contribution in [3.8, 4) is 0 Å². The first-order chi connectivity index (χ1) is 8.69. The fourth-order valence-corrected chi connectivity index (χ4v) is 2.76. The summed E-state index contributed by atoms with van der Waals surface area (Å²) in [6.07, 6.45) is 4.49. The first-order valence-electron chi connectivity index (χ1n) is 6.70. The van der Waals surface area contributed by atoms with Crippen LogP contribution >= 0.6 is 0 Å². The third-order valence-corrected chi connectivity index (χ3v) is 3.77. The average molecular weight is 251 g/mol. The van der Waals surface area contributed by atoms with Crippen LogP contribution in [-0.2, 0) is 23.2 Å². The van der Waals surface area contributed by atoms with E-state index < -0.39 is 5.67 Å². The van der Waals surface area contributed by atoms with Gasteiger partial charge in [-0.15, -0.1) is 0 Å². The van der Waals surface area contributed by atoms with Gasteiger partial charge in [0.1, 0.15) is 0 Å². The van der Waals surface area contributed by atoms with E-state index >= 15 is 0 Å². The number of hydrogen-bond donors (Lipinski definition) is 1. The quantitative estimate of drug-likeness (QED) is 0.843. The molecule has 2 nitrogen and oxygen atoms in total. The number of halogens is 1. The van der Waals surface area contributed by atoms with Gasteiger partial charge in [-0.1, -0.05) is 18.2 Å². The van der Waals surface area contributed by atoms with Gasteiger partial charge in [0.2, 0.25) is 0 Å². The van der Waals surface area contributed by atoms with E-state index in [0.717, 1.165) is 18.4 Å². The van der Waals surface area contributed by atoms with Crippen molar-refractivity contribution >= 4 is 0 Å². The molecule has 0 heterocycles. The van der Waals surface area contributed by atoms with Crippen molar-refractivity contribution in [1.82, 2.24) is 0 Å². The maximum Gasteiger partial charge on any atom is 0.159 e. The van der Waals surface area contributed by atoms with Gasteiger partial charge in [0.25, 0.3) is 0 Å². The third kappa shape index (κ3) is 2.73. The Hall–Kier alpha value is -0.930. The highest BCUT2D eigenvalue weighted by molar-refractivity contribution is 5.37. The Morgan fingerprint density at radius 2 is 2.11 bits per heavy atom. The van der Waals surface area contributed by atoms with E-state index in [1.165, 1.54) is 17.5 Å². The highest BCUT2D eigenvalue weighted by atomic mass is 19.1. The minimum absolute atomic E-state index is 0.103. The van der Waals surface area contributed by atoms with Crippen LogP contribution in [0, 0.1) is 0 Å². The highest BCUT2D eigenvalue weighted by Crippen LogP contribution is 2.34. The van der Waals surface area contributed by atoms with E-state index in [-0.39, 0.29) is 6.61 Å². The number of methoxy groups -OCH3 is 1. The molecule has 0 amide bonds. The van der Waals surface area contributed by atoms with Crippen LogP contribution in [0.25, 0.3) is 0 Å². The topological polar surface area (TPSA) is 35.2 Å². The zero-order valence-electron chi connectivity index (χ0n) is 11.0.